The van der Waals surface area contributed by atoms with Crippen LogP contribution in [-0.4, -0.2) is 26.9 Å². The van der Waals surface area contributed by atoms with E-state index in [0.717, 1.165) is 22.3 Å². The molecule has 0 aliphatic carbocycles. The van der Waals surface area contributed by atoms with Gasteiger partial charge in [0, 0.05) is 13.4 Å². The Balaban J connectivity index is 2.98. The van der Waals surface area contributed by atoms with E-state index < -0.39 is 7.12 Å². The Labute approximate surface area is 85.8 Å². The van der Waals surface area contributed by atoms with Crippen molar-refractivity contribution in [3.8, 4) is 0 Å². The van der Waals surface area contributed by atoms with Gasteiger partial charge >= 0.3 is 7.12 Å². The first-order valence-corrected chi connectivity index (χ1v) is 4.92. The van der Waals surface area contributed by atoms with Gasteiger partial charge in [0.05, 0.1) is 15.9 Å². The van der Waals surface area contributed by atoms with Gasteiger partial charge in [0.1, 0.15) is 0 Å². The van der Waals surface area contributed by atoms with Crippen LogP contribution in [0.25, 0.3) is 0 Å². The maximum atomic E-state index is 8.83. The molecule has 1 aromatic rings. The van der Waals surface area contributed by atoms with E-state index in [0.29, 0.717) is 0 Å². The van der Waals surface area contributed by atoms with E-state index in [1.54, 1.807) is 11.7 Å². The largest absolute Gasteiger partial charge is 0.457 e. The molecule has 0 spiro atoms. The molecule has 0 unspecified atom stereocenters. The summed E-state index contributed by atoms with van der Waals surface area (Å²) in [6, 6.07) is 0. The first-order valence-electron chi connectivity index (χ1n) is 4.12. The molecule has 0 fully saturated rings. The molecule has 0 amide bonds. The molecule has 2 N–H and O–H groups in total. The van der Waals surface area contributed by atoms with Crippen molar-refractivity contribution in [2.75, 3.05) is 0 Å². The first-order chi connectivity index (χ1) is 6.06. The fourth-order valence-electron chi connectivity index (χ4n) is 1.21. The van der Waals surface area contributed by atoms with Crippen molar-refractivity contribution in [2.45, 2.75) is 19.7 Å². The lowest BCUT2D eigenvalue weighted by Gasteiger charge is -2.00. The third-order valence-electron chi connectivity index (χ3n) is 1.88. The Bertz CT molecular complexity index is 301. The fraction of sp³-hybridized carbons (Fsp3) is 0.571. The molecule has 0 aliphatic rings. The second kappa shape index (κ2) is 4.26. The van der Waals surface area contributed by atoms with Crippen LogP contribution in [0.1, 0.15) is 18.3 Å². The number of nitrogens with zero attached hydrogens (tertiary/aromatic N) is 2. The molecule has 1 heterocycles. The van der Waals surface area contributed by atoms with E-state index in [9.17, 15) is 0 Å². The normalized spacial score (nSPS) is 10.5. The molecule has 0 aliphatic heterocycles. The van der Waals surface area contributed by atoms with Crippen LogP contribution in [0.4, 0.5) is 0 Å². The van der Waals surface area contributed by atoms with Gasteiger partial charge in [0.2, 0.25) is 0 Å². The van der Waals surface area contributed by atoms with Crippen molar-refractivity contribution in [3.63, 3.8) is 0 Å². The van der Waals surface area contributed by atoms with Gasteiger partial charge in [0.25, 0.3) is 0 Å². The number of aromatic nitrogens is 2. The topological polar surface area (TPSA) is 58.3 Å². The summed E-state index contributed by atoms with van der Waals surface area (Å²) < 4.78 is 2.55. The highest BCUT2D eigenvalue weighted by Crippen LogP contribution is 2.21. The summed E-state index contributed by atoms with van der Waals surface area (Å²) in [6.45, 7) is 2.01. The average Bonchev–Trinajstić information content (AvgIpc) is 2.31. The van der Waals surface area contributed by atoms with E-state index >= 15 is 0 Å². The molecule has 6 heteroatoms. The van der Waals surface area contributed by atoms with Crippen LogP contribution in [0.5, 0.6) is 0 Å². The third kappa shape index (κ3) is 2.33. The van der Waals surface area contributed by atoms with Gasteiger partial charge in [-0.05, 0) is 22.4 Å². The first kappa shape index (κ1) is 10.8. The predicted molar refractivity (Wildman–Crippen MR) is 54.2 cm³/mol. The van der Waals surface area contributed by atoms with Crippen molar-refractivity contribution in [2.24, 2.45) is 7.05 Å². The van der Waals surface area contributed by atoms with Crippen molar-refractivity contribution >= 4 is 23.0 Å². The van der Waals surface area contributed by atoms with Crippen LogP contribution < -0.4 is 0 Å². The summed E-state index contributed by atoms with van der Waals surface area (Å²) in [5.74, 6) is 0. The maximum Gasteiger partial charge on any atom is 0.457 e. The lowest BCUT2D eigenvalue weighted by molar-refractivity contribution is 0.403. The van der Waals surface area contributed by atoms with E-state index in [1.165, 1.54) is 0 Å². The third-order valence-corrected chi connectivity index (χ3v) is 2.79. The highest BCUT2D eigenvalue weighted by Gasteiger charge is 2.17. The molecule has 0 aromatic carbocycles. The van der Waals surface area contributed by atoms with E-state index in [2.05, 4.69) is 21.0 Å². The second-order valence-corrected chi connectivity index (χ2v) is 3.66. The quantitative estimate of drug-likeness (QED) is 0.755. The van der Waals surface area contributed by atoms with Gasteiger partial charge in [-0.1, -0.05) is 6.92 Å². The Kier molecular flexibility index (Phi) is 3.52. The number of hydrogen-bond acceptors (Lipinski definition) is 3. The molecule has 0 saturated heterocycles. The predicted octanol–water partition coefficient (Wildman–Crippen LogP) is 0.300. The smallest absolute Gasteiger partial charge is 0.427 e. The maximum absolute atomic E-state index is 8.83. The highest BCUT2D eigenvalue weighted by molar-refractivity contribution is 9.10. The zero-order valence-electron chi connectivity index (χ0n) is 7.66. The van der Waals surface area contributed by atoms with E-state index in [4.69, 9.17) is 10.0 Å². The van der Waals surface area contributed by atoms with Crippen molar-refractivity contribution in [3.05, 3.63) is 15.9 Å². The van der Waals surface area contributed by atoms with Crippen LogP contribution in [0.2, 0.25) is 0 Å². The van der Waals surface area contributed by atoms with Gasteiger partial charge in [-0.15, -0.1) is 0 Å². The summed E-state index contributed by atoms with van der Waals surface area (Å²) >= 11 is 3.39. The molecule has 72 valence electrons. The molecular weight excluding hydrogens is 235 g/mol. The minimum absolute atomic E-state index is 0.198. The molecule has 4 nitrogen and oxygen atoms in total. The zero-order valence-corrected chi connectivity index (χ0v) is 9.24. The van der Waals surface area contributed by atoms with Crippen LogP contribution in [-0.2, 0) is 19.8 Å². The minimum atomic E-state index is -1.32. The second-order valence-electron chi connectivity index (χ2n) is 2.87. The Morgan fingerprint density at radius 1 is 1.54 bits per heavy atom. The molecular formula is C7H12BBrN2O2. The number of hydrogen-bond donors (Lipinski definition) is 2. The Morgan fingerprint density at radius 2 is 2.15 bits per heavy atom. The summed E-state index contributed by atoms with van der Waals surface area (Å²) in [5.41, 5.74) is 1.75. The van der Waals surface area contributed by atoms with Crippen molar-refractivity contribution < 1.29 is 10.0 Å². The number of halogens is 1. The lowest BCUT2D eigenvalue weighted by Crippen LogP contribution is -2.17. The lowest BCUT2D eigenvalue weighted by atomic mass is 9.84. The molecule has 0 bridgehead atoms. The van der Waals surface area contributed by atoms with Gasteiger partial charge in [-0.25, -0.2) is 0 Å². The van der Waals surface area contributed by atoms with Gasteiger partial charge in [-0.3, -0.25) is 4.68 Å². The Hall–Kier alpha value is -0.325. The number of aryl methyl sites for hydroxylation is 2. The standard InChI is InChI=1S/C7H12BBrN2O2/c1-3-5-7(9)6(4-8(12)13)11(2)10-5/h12-13H,3-4H2,1-2H3. The molecule has 13 heavy (non-hydrogen) atoms. The van der Waals surface area contributed by atoms with Crippen LogP contribution >= 0.6 is 15.9 Å². The highest BCUT2D eigenvalue weighted by atomic mass is 79.9. The molecule has 0 saturated carbocycles. The van der Waals surface area contributed by atoms with Gasteiger partial charge < -0.3 is 10.0 Å². The van der Waals surface area contributed by atoms with Crippen LogP contribution in [0.3, 0.4) is 0 Å². The summed E-state index contributed by atoms with van der Waals surface area (Å²) in [5, 5.41) is 21.9. The fourth-order valence-corrected chi connectivity index (χ4v) is 1.99. The monoisotopic (exact) mass is 246 g/mol. The minimum Gasteiger partial charge on any atom is -0.427 e. The van der Waals surface area contributed by atoms with Gasteiger partial charge in [0.15, 0.2) is 0 Å². The number of rotatable bonds is 3. The van der Waals surface area contributed by atoms with E-state index in [-0.39, 0.29) is 6.32 Å². The summed E-state index contributed by atoms with van der Waals surface area (Å²) in [4.78, 5) is 0. The van der Waals surface area contributed by atoms with Crippen molar-refractivity contribution in [1.29, 1.82) is 0 Å². The van der Waals surface area contributed by atoms with E-state index in [1.807, 2.05) is 6.92 Å². The van der Waals surface area contributed by atoms with Crippen molar-refractivity contribution in [1.82, 2.24) is 9.78 Å². The molecule has 1 aromatic heterocycles. The van der Waals surface area contributed by atoms with Crippen LogP contribution in [0, 0.1) is 0 Å². The van der Waals surface area contributed by atoms with Crippen LogP contribution in [0.15, 0.2) is 4.47 Å². The summed E-state index contributed by atoms with van der Waals surface area (Å²) in [6.07, 6.45) is 1.03. The molecule has 0 radical (unpaired) electrons. The average molecular weight is 247 g/mol. The van der Waals surface area contributed by atoms with Gasteiger partial charge in [-0.2, -0.15) is 5.10 Å². The zero-order chi connectivity index (χ0) is 10.0. The molecule has 1 rings (SSSR count). The SMILES string of the molecule is CCc1nn(C)c(CB(O)O)c1Br. The Morgan fingerprint density at radius 3 is 2.54 bits per heavy atom. The summed E-state index contributed by atoms with van der Waals surface area (Å²) in [7, 11) is 0.471. The molecule has 0 atom stereocenters.